The number of aromatic nitrogens is 2. The fraction of sp³-hybridized carbons (Fsp3) is 0.333. The number of fused-ring (bicyclic) bond motifs is 1. The zero-order chi connectivity index (χ0) is 20.7. The Labute approximate surface area is 188 Å². The molecule has 3 heterocycles. The molecule has 3 atom stereocenters. The molecule has 2 aromatic carbocycles. The standard InChI is InChI=1S/C24H26N4O2.ClH/c1-26-14-19-15-27(16-22(19)23(26)17-6-10-21(30-2)11-7-17)24(29)18-4-8-20(9-5-18)28-13-3-12-25-28;/h3-13,19,22-23H,14-16H2,1-2H3;1H/t19-,22+,23+;/m0./s1. The second-order valence-corrected chi connectivity index (χ2v) is 8.29. The van der Waals surface area contributed by atoms with Crippen LogP contribution in [-0.4, -0.2) is 59.3 Å². The Morgan fingerprint density at radius 3 is 2.42 bits per heavy atom. The highest BCUT2D eigenvalue weighted by Gasteiger charge is 2.47. The number of carbonyl (C=O) groups excluding carboxylic acids is 1. The average Bonchev–Trinajstić information content (AvgIpc) is 3.50. The van der Waals surface area contributed by atoms with Gasteiger partial charge in [-0.1, -0.05) is 12.1 Å². The quantitative estimate of drug-likeness (QED) is 0.623. The van der Waals surface area contributed by atoms with Crippen molar-refractivity contribution in [1.29, 1.82) is 0 Å². The van der Waals surface area contributed by atoms with Gasteiger partial charge in [0.15, 0.2) is 0 Å². The van der Waals surface area contributed by atoms with Crippen LogP contribution in [0.25, 0.3) is 5.69 Å². The van der Waals surface area contributed by atoms with Crippen molar-refractivity contribution in [3.63, 3.8) is 0 Å². The van der Waals surface area contributed by atoms with Gasteiger partial charge in [0.05, 0.1) is 12.8 Å². The van der Waals surface area contributed by atoms with Crippen LogP contribution in [0.4, 0.5) is 0 Å². The molecule has 1 aromatic heterocycles. The number of methoxy groups -OCH3 is 1. The summed E-state index contributed by atoms with van der Waals surface area (Å²) in [6, 6.07) is 18.3. The van der Waals surface area contributed by atoms with Gasteiger partial charge in [-0.05, 0) is 61.0 Å². The predicted molar refractivity (Wildman–Crippen MR) is 122 cm³/mol. The third-order valence-electron chi connectivity index (χ3n) is 6.52. The van der Waals surface area contributed by atoms with Crippen LogP contribution in [0.3, 0.4) is 0 Å². The van der Waals surface area contributed by atoms with Crippen molar-refractivity contribution in [3.05, 3.63) is 78.1 Å². The van der Waals surface area contributed by atoms with Gasteiger partial charge in [-0.3, -0.25) is 9.69 Å². The number of hydrogen-bond donors (Lipinski definition) is 0. The maximum Gasteiger partial charge on any atom is 0.253 e. The Bertz CT molecular complexity index is 1020. The van der Waals surface area contributed by atoms with Crippen LogP contribution in [0, 0.1) is 11.8 Å². The van der Waals surface area contributed by atoms with E-state index in [0.29, 0.717) is 17.9 Å². The first-order valence-electron chi connectivity index (χ1n) is 10.4. The van der Waals surface area contributed by atoms with Crippen molar-refractivity contribution in [1.82, 2.24) is 19.6 Å². The number of rotatable bonds is 4. The molecule has 2 aliphatic heterocycles. The zero-order valence-electron chi connectivity index (χ0n) is 17.7. The molecular formula is C24H27ClN4O2. The van der Waals surface area contributed by atoms with Gasteiger partial charge >= 0.3 is 0 Å². The minimum Gasteiger partial charge on any atom is -0.497 e. The van der Waals surface area contributed by atoms with Gasteiger partial charge in [-0.25, -0.2) is 4.68 Å². The molecule has 6 nitrogen and oxygen atoms in total. The minimum atomic E-state index is 0. The number of likely N-dealkylation sites (tertiary alicyclic amines) is 2. The molecule has 0 N–H and O–H groups in total. The maximum atomic E-state index is 13.2. The lowest BCUT2D eigenvalue weighted by atomic mass is 9.89. The summed E-state index contributed by atoms with van der Waals surface area (Å²) in [6.45, 7) is 2.64. The molecule has 2 saturated heterocycles. The highest BCUT2D eigenvalue weighted by molar-refractivity contribution is 5.94. The molecule has 3 aromatic rings. The number of hydrogen-bond acceptors (Lipinski definition) is 4. The molecule has 2 aliphatic rings. The molecule has 0 spiro atoms. The molecular weight excluding hydrogens is 412 g/mol. The van der Waals surface area contributed by atoms with Crippen molar-refractivity contribution in [2.75, 3.05) is 33.8 Å². The molecule has 7 heteroatoms. The average molecular weight is 439 g/mol. The SMILES string of the molecule is COc1ccc([C@@H]2[C@@H]3CN(C(=O)c4ccc(-n5cccn5)cc4)C[C@@H]3CN2C)cc1.Cl. The van der Waals surface area contributed by atoms with Crippen LogP contribution in [0.5, 0.6) is 5.75 Å². The van der Waals surface area contributed by atoms with E-state index in [1.807, 2.05) is 53.6 Å². The Kier molecular flexibility index (Phi) is 6.03. The summed E-state index contributed by atoms with van der Waals surface area (Å²) in [5.74, 6) is 1.95. The first kappa shape index (κ1) is 21.4. The van der Waals surface area contributed by atoms with Gasteiger partial charge < -0.3 is 9.64 Å². The van der Waals surface area contributed by atoms with E-state index in [1.54, 1.807) is 18.0 Å². The molecule has 162 valence electrons. The van der Waals surface area contributed by atoms with E-state index in [9.17, 15) is 4.79 Å². The maximum absolute atomic E-state index is 13.2. The highest BCUT2D eigenvalue weighted by atomic mass is 35.5. The molecule has 2 fully saturated rings. The normalized spacial score (nSPS) is 22.8. The van der Waals surface area contributed by atoms with E-state index >= 15 is 0 Å². The van der Waals surface area contributed by atoms with E-state index < -0.39 is 0 Å². The van der Waals surface area contributed by atoms with E-state index in [0.717, 1.165) is 36.6 Å². The number of carbonyl (C=O) groups is 1. The third-order valence-corrected chi connectivity index (χ3v) is 6.52. The predicted octanol–water partition coefficient (Wildman–Crippen LogP) is 3.68. The second-order valence-electron chi connectivity index (χ2n) is 8.29. The van der Waals surface area contributed by atoms with Gasteiger partial charge in [-0.2, -0.15) is 5.10 Å². The zero-order valence-corrected chi connectivity index (χ0v) is 18.5. The van der Waals surface area contributed by atoms with Crippen LogP contribution < -0.4 is 4.74 Å². The van der Waals surface area contributed by atoms with Crippen molar-refractivity contribution in [2.45, 2.75) is 6.04 Å². The van der Waals surface area contributed by atoms with Crippen LogP contribution in [0.1, 0.15) is 22.0 Å². The van der Waals surface area contributed by atoms with E-state index in [2.05, 4.69) is 29.2 Å². The largest absolute Gasteiger partial charge is 0.497 e. The van der Waals surface area contributed by atoms with Gasteiger partial charge in [0, 0.05) is 49.6 Å². The lowest BCUT2D eigenvalue weighted by molar-refractivity contribution is 0.0768. The van der Waals surface area contributed by atoms with Gasteiger partial charge in [0.1, 0.15) is 5.75 Å². The Hall–Kier alpha value is -2.83. The summed E-state index contributed by atoms with van der Waals surface area (Å²) < 4.78 is 7.10. The molecule has 0 unspecified atom stereocenters. The highest BCUT2D eigenvalue weighted by Crippen LogP contribution is 2.44. The summed E-state index contributed by atoms with van der Waals surface area (Å²) in [7, 11) is 3.88. The first-order valence-corrected chi connectivity index (χ1v) is 10.4. The molecule has 0 radical (unpaired) electrons. The lowest BCUT2D eigenvalue weighted by Crippen LogP contribution is -2.33. The topological polar surface area (TPSA) is 50.6 Å². The monoisotopic (exact) mass is 438 g/mol. The Morgan fingerprint density at radius 2 is 1.77 bits per heavy atom. The Balaban J connectivity index is 0.00000231. The molecule has 1 amide bonds. The number of ether oxygens (including phenoxy) is 1. The summed E-state index contributed by atoms with van der Waals surface area (Å²) in [5, 5.41) is 4.24. The van der Waals surface area contributed by atoms with Crippen molar-refractivity contribution < 1.29 is 9.53 Å². The molecule has 0 saturated carbocycles. The van der Waals surface area contributed by atoms with Gasteiger partial charge in [0.25, 0.3) is 5.91 Å². The number of benzene rings is 2. The van der Waals surface area contributed by atoms with E-state index in [4.69, 9.17) is 4.74 Å². The number of amides is 1. The summed E-state index contributed by atoms with van der Waals surface area (Å²) >= 11 is 0. The Morgan fingerprint density at radius 1 is 1.03 bits per heavy atom. The lowest BCUT2D eigenvalue weighted by Gasteiger charge is -2.27. The molecule has 31 heavy (non-hydrogen) atoms. The van der Waals surface area contributed by atoms with E-state index in [-0.39, 0.29) is 18.3 Å². The first-order chi connectivity index (χ1) is 14.6. The molecule has 5 rings (SSSR count). The second kappa shape index (κ2) is 8.73. The van der Waals surface area contributed by atoms with Crippen molar-refractivity contribution in [2.24, 2.45) is 11.8 Å². The van der Waals surface area contributed by atoms with E-state index in [1.165, 1.54) is 5.56 Å². The van der Waals surface area contributed by atoms with Gasteiger partial charge in [-0.15, -0.1) is 12.4 Å². The molecule has 0 bridgehead atoms. The van der Waals surface area contributed by atoms with Crippen molar-refractivity contribution in [3.8, 4) is 11.4 Å². The van der Waals surface area contributed by atoms with Crippen LogP contribution in [0.15, 0.2) is 67.0 Å². The van der Waals surface area contributed by atoms with Crippen molar-refractivity contribution >= 4 is 18.3 Å². The summed E-state index contributed by atoms with van der Waals surface area (Å²) in [5.41, 5.74) is 2.99. The van der Waals surface area contributed by atoms with Crippen LogP contribution >= 0.6 is 12.4 Å². The van der Waals surface area contributed by atoms with Crippen LogP contribution in [-0.2, 0) is 0 Å². The van der Waals surface area contributed by atoms with Gasteiger partial charge in [0.2, 0.25) is 0 Å². The summed E-state index contributed by atoms with van der Waals surface area (Å²) in [4.78, 5) is 17.6. The third kappa shape index (κ3) is 3.93. The molecule has 0 aliphatic carbocycles. The smallest absolute Gasteiger partial charge is 0.253 e. The fourth-order valence-corrected chi connectivity index (χ4v) is 5.09. The number of nitrogens with zero attached hydrogens (tertiary/aromatic N) is 4. The minimum absolute atomic E-state index is 0. The fourth-order valence-electron chi connectivity index (χ4n) is 5.09. The van der Waals surface area contributed by atoms with Crippen LogP contribution in [0.2, 0.25) is 0 Å². The summed E-state index contributed by atoms with van der Waals surface area (Å²) in [6.07, 6.45) is 3.65. The number of halogens is 1.